The van der Waals surface area contributed by atoms with Crippen molar-refractivity contribution < 1.29 is 4.79 Å². The number of hydrogen-bond acceptors (Lipinski definition) is 1. The molecule has 2 aromatic carbocycles. The van der Waals surface area contributed by atoms with Gasteiger partial charge in [-0.2, -0.15) is 0 Å². The largest absolute Gasteiger partial charge is 0.289 e. The van der Waals surface area contributed by atoms with E-state index in [4.69, 9.17) is 0 Å². The van der Waals surface area contributed by atoms with Gasteiger partial charge >= 0.3 is 0 Å². The Morgan fingerprint density at radius 2 is 1.11 bits per heavy atom. The quantitative estimate of drug-likeness (QED) is 0.728. The summed E-state index contributed by atoms with van der Waals surface area (Å²) in [5.41, 5.74) is 3.97. The highest BCUT2D eigenvalue weighted by atomic mass is 16.1. The van der Waals surface area contributed by atoms with E-state index in [0.717, 1.165) is 28.7 Å². The second-order valence-corrected chi connectivity index (χ2v) is 4.67. The van der Waals surface area contributed by atoms with Crippen molar-refractivity contribution in [1.29, 1.82) is 0 Å². The highest BCUT2D eigenvalue weighted by Gasteiger charge is 2.26. The fourth-order valence-electron chi connectivity index (χ4n) is 2.20. The van der Waals surface area contributed by atoms with Gasteiger partial charge in [0.1, 0.15) is 0 Å². The third-order valence-corrected chi connectivity index (χ3v) is 3.25. The third-order valence-electron chi connectivity index (χ3n) is 3.25. The predicted molar refractivity (Wildman–Crippen MR) is 78.5 cm³/mol. The van der Waals surface area contributed by atoms with Gasteiger partial charge in [0.15, 0.2) is 5.78 Å². The van der Waals surface area contributed by atoms with Crippen molar-refractivity contribution in [2.24, 2.45) is 0 Å². The minimum Gasteiger partial charge on any atom is -0.289 e. The molecule has 1 heteroatoms. The van der Waals surface area contributed by atoms with E-state index in [9.17, 15) is 4.79 Å². The van der Waals surface area contributed by atoms with Crippen molar-refractivity contribution in [3.8, 4) is 0 Å². The summed E-state index contributed by atoms with van der Waals surface area (Å²) in [6, 6.07) is 19.9. The first-order valence-electron chi connectivity index (χ1n) is 6.39. The summed E-state index contributed by atoms with van der Waals surface area (Å²) in [5, 5.41) is 0. The maximum absolute atomic E-state index is 12.0. The number of Topliss-reactive ketones (excluding diaryl/α,β-unsaturated/α-hetero) is 1. The lowest BCUT2D eigenvalue weighted by atomic mass is 9.82. The first kappa shape index (κ1) is 11.7. The Morgan fingerprint density at radius 1 is 0.684 bits per heavy atom. The molecule has 0 heterocycles. The normalized spacial score (nSPS) is 18.6. The van der Waals surface area contributed by atoms with Crippen LogP contribution in [0, 0.1) is 0 Å². The minimum atomic E-state index is 0.174. The van der Waals surface area contributed by atoms with E-state index < -0.39 is 0 Å². The Morgan fingerprint density at radius 3 is 1.47 bits per heavy atom. The molecule has 92 valence electrons. The lowest BCUT2D eigenvalue weighted by Crippen LogP contribution is -2.18. The summed E-state index contributed by atoms with van der Waals surface area (Å²) < 4.78 is 0. The molecule has 1 aliphatic rings. The monoisotopic (exact) mass is 246 g/mol. The number of rotatable bonds is 2. The zero-order chi connectivity index (χ0) is 13.1. The van der Waals surface area contributed by atoms with Crippen LogP contribution in [0.25, 0.3) is 12.2 Å². The zero-order valence-electron chi connectivity index (χ0n) is 10.5. The van der Waals surface area contributed by atoms with Gasteiger partial charge in [-0.25, -0.2) is 0 Å². The summed E-state index contributed by atoms with van der Waals surface area (Å²) in [7, 11) is 0. The zero-order valence-corrected chi connectivity index (χ0v) is 10.5. The van der Waals surface area contributed by atoms with Crippen molar-refractivity contribution in [2.45, 2.75) is 6.42 Å². The summed E-state index contributed by atoms with van der Waals surface area (Å²) >= 11 is 0. The molecule has 0 saturated heterocycles. The molecule has 0 atom stereocenters. The van der Waals surface area contributed by atoms with Crippen LogP contribution in [0.5, 0.6) is 0 Å². The summed E-state index contributed by atoms with van der Waals surface area (Å²) in [6.45, 7) is 0. The fourth-order valence-corrected chi connectivity index (χ4v) is 2.20. The SMILES string of the molecule is O=C1/C(=C\c2ccccc2)C/C1=C/c1ccccc1. The molecule has 0 amide bonds. The van der Waals surface area contributed by atoms with E-state index in [1.807, 2.05) is 72.8 Å². The average molecular weight is 246 g/mol. The van der Waals surface area contributed by atoms with Crippen LogP contribution in [0.1, 0.15) is 17.5 Å². The smallest absolute Gasteiger partial charge is 0.185 e. The molecular weight excluding hydrogens is 232 g/mol. The minimum absolute atomic E-state index is 0.174. The van der Waals surface area contributed by atoms with E-state index >= 15 is 0 Å². The number of benzene rings is 2. The molecule has 3 rings (SSSR count). The molecule has 1 fully saturated rings. The second kappa shape index (κ2) is 5.07. The van der Waals surface area contributed by atoms with Gasteiger partial charge in [-0.3, -0.25) is 4.79 Å². The van der Waals surface area contributed by atoms with Crippen molar-refractivity contribution in [3.05, 3.63) is 82.9 Å². The van der Waals surface area contributed by atoms with Crippen LogP contribution in [0.2, 0.25) is 0 Å². The van der Waals surface area contributed by atoms with Crippen LogP contribution in [-0.4, -0.2) is 5.78 Å². The Balaban J connectivity index is 1.78. The topological polar surface area (TPSA) is 17.1 Å². The number of ketones is 1. The van der Waals surface area contributed by atoms with Crippen molar-refractivity contribution in [3.63, 3.8) is 0 Å². The van der Waals surface area contributed by atoms with Crippen molar-refractivity contribution >= 4 is 17.9 Å². The van der Waals surface area contributed by atoms with E-state index in [1.54, 1.807) is 0 Å². The molecule has 1 aliphatic carbocycles. The molecule has 0 radical (unpaired) electrons. The van der Waals surface area contributed by atoms with Crippen LogP contribution in [0.15, 0.2) is 71.8 Å². The van der Waals surface area contributed by atoms with Crippen LogP contribution < -0.4 is 0 Å². The Kier molecular flexibility index (Phi) is 3.11. The standard InChI is InChI=1S/C18H14O/c19-18-16(11-14-7-3-1-4-8-14)13-17(18)12-15-9-5-2-6-10-15/h1-12H,13H2/b16-11-,17-12-. The lowest BCUT2D eigenvalue weighted by Gasteiger charge is -2.20. The molecule has 2 aromatic rings. The highest BCUT2D eigenvalue weighted by molar-refractivity contribution is 6.20. The number of carbonyl (C=O) groups is 1. The summed E-state index contributed by atoms with van der Waals surface area (Å²) in [5.74, 6) is 0.174. The van der Waals surface area contributed by atoms with Gasteiger partial charge in [-0.15, -0.1) is 0 Å². The molecule has 0 bridgehead atoms. The Hall–Kier alpha value is -2.41. The van der Waals surface area contributed by atoms with Crippen LogP contribution in [-0.2, 0) is 4.79 Å². The number of allylic oxidation sites excluding steroid dienone is 2. The number of hydrogen-bond donors (Lipinski definition) is 0. The van der Waals surface area contributed by atoms with E-state index in [-0.39, 0.29) is 5.78 Å². The van der Waals surface area contributed by atoms with Crippen molar-refractivity contribution in [1.82, 2.24) is 0 Å². The molecule has 0 aliphatic heterocycles. The van der Waals surface area contributed by atoms with Gasteiger partial charge in [0, 0.05) is 17.6 Å². The Bertz CT molecular complexity index is 591. The first-order valence-corrected chi connectivity index (χ1v) is 6.39. The van der Waals surface area contributed by atoms with E-state index in [1.165, 1.54) is 0 Å². The molecule has 0 unspecified atom stereocenters. The molecule has 1 nitrogen and oxygen atoms in total. The van der Waals surface area contributed by atoms with Gasteiger partial charge < -0.3 is 0 Å². The van der Waals surface area contributed by atoms with E-state index in [0.29, 0.717) is 0 Å². The van der Waals surface area contributed by atoms with Crippen LogP contribution in [0.4, 0.5) is 0 Å². The fraction of sp³-hybridized carbons (Fsp3) is 0.0556. The van der Waals surface area contributed by atoms with Gasteiger partial charge in [-0.1, -0.05) is 60.7 Å². The lowest BCUT2D eigenvalue weighted by molar-refractivity contribution is -0.114. The van der Waals surface area contributed by atoms with Gasteiger partial charge in [0.25, 0.3) is 0 Å². The van der Waals surface area contributed by atoms with Crippen LogP contribution in [0.3, 0.4) is 0 Å². The second-order valence-electron chi connectivity index (χ2n) is 4.67. The highest BCUT2D eigenvalue weighted by Crippen LogP contribution is 2.31. The average Bonchev–Trinajstić information content (AvgIpc) is 2.48. The molecule has 0 spiro atoms. The van der Waals surface area contributed by atoms with Gasteiger partial charge in [0.2, 0.25) is 0 Å². The molecule has 0 aromatic heterocycles. The third kappa shape index (κ3) is 2.55. The maximum Gasteiger partial charge on any atom is 0.185 e. The maximum atomic E-state index is 12.0. The molecule has 19 heavy (non-hydrogen) atoms. The van der Waals surface area contributed by atoms with E-state index in [2.05, 4.69) is 0 Å². The van der Waals surface area contributed by atoms with Crippen molar-refractivity contribution in [2.75, 3.05) is 0 Å². The summed E-state index contributed by atoms with van der Waals surface area (Å²) in [6.07, 6.45) is 4.72. The molecule has 1 saturated carbocycles. The van der Waals surface area contributed by atoms with Gasteiger partial charge in [0.05, 0.1) is 0 Å². The predicted octanol–water partition coefficient (Wildman–Crippen LogP) is 4.13. The molecule has 0 N–H and O–H groups in total. The first-order chi connectivity index (χ1) is 9.33. The van der Waals surface area contributed by atoms with Gasteiger partial charge in [-0.05, 0) is 23.3 Å². The van der Waals surface area contributed by atoms with Crippen LogP contribution >= 0.6 is 0 Å². The summed E-state index contributed by atoms with van der Waals surface area (Å²) in [4.78, 5) is 12.0. The number of carbonyl (C=O) groups excluding carboxylic acids is 1. The Labute approximate surface area is 112 Å². The molecular formula is C18H14O.